The van der Waals surface area contributed by atoms with Gasteiger partial charge in [-0.15, -0.1) is 0 Å². The van der Waals surface area contributed by atoms with Crippen LogP contribution in [0.5, 0.6) is 0 Å². The van der Waals surface area contributed by atoms with Gasteiger partial charge in [-0.05, 0) is 11.2 Å². The second-order valence-corrected chi connectivity index (χ2v) is 3.37. The van der Waals surface area contributed by atoms with Crippen LogP contribution in [0.2, 0.25) is 0 Å². The van der Waals surface area contributed by atoms with E-state index in [1.165, 1.54) is 5.56 Å². The Labute approximate surface area is 88.6 Å². The van der Waals surface area contributed by atoms with Gasteiger partial charge in [0.05, 0.1) is 6.20 Å². The molecule has 0 aliphatic carbocycles. The average molecular weight is 206 g/mol. The van der Waals surface area contributed by atoms with E-state index < -0.39 is 0 Å². The van der Waals surface area contributed by atoms with Crippen molar-refractivity contribution in [2.24, 2.45) is 5.73 Å². The van der Waals surface area contributed by atoms with Crippen molar-refractivity contribution in [1.82, 2.24) is 15.7 Å². The standard InChI is InChI=1S/C10H14N4O/c1-13(14-8-10(11)15-12-14)7-9-5-3-2-4-6-9/h2-6,8,12H,7,11H2,1H3. The molecule has 80 valence electrons. The summed E-state index contributed by atoms with van der Waals surface area (Å²) in [7, 11) is 1.94. The Morgan fingerprint density at radius 2 is 2.13 bits per heavy atom. The Bertz CT molecular complexity index is 352. The molecule has 0 radical (unpaired) electrons. The molecule has 5 nitrogen and oxygen atoms in total. The Hall–Kier alpha value is -1.72. The zero-order valence-electron chi connectivity index (χ0n) is 8.55. The zero-order valence-corrected chi connectivity index (χ0v) is 8.55. The quantitative estimate of drug-likeness (QED) is 0.756. The first kappa shape index (κ1) is 9.82. The van der Waals surface area contributed by atoms with Crippen LogP contribution in [0.15, 0.2) is 42.4 Å². The number of benzene rings is 1. The van der Waals surface area contributed by atoms with Crippen molar-refractivity contribution in [3.8, 4) is 0 Å². The summed E-state index contributed by atoms with van der Waals surface area (Å²) in [6, 6.07) is 10.2. The topological polar surface area (TPSA) is 53.8 Å². The summed E-state index contributed by atoms with van der Waals surface area (Å²) in [5.41, 5.74) is 9.36. The second kappa shape index (κ2) is 4.20. The highest BCUT2D eigenvalue weighted by atomic mass is 16.7. The Morgan fingerprint density at radius 1 is 1.40 bits per heavy atom. The van der Waals surface area contributed by atoms with E-state index >= 15 is 0 Å². The third kappa shape index (κ3) is 2.39. The van der Waals surface area contributed by atoms with Crippen LogP contribution < -0.4 is 11.3 Å². The third-order valence-electron chi connectivity index (χ3n) is 2.13. The number of rotatable bonds is 3. The van der Waals surface area contributed by atoms with Gasteiger partial charge in [-0.1, -0.05) is 30.3 Å². The van der Waals surface area contributed by atoms with Crippen molar-refractivity contribution in [3.63, 3.8) is 0 Å². The summed E-state index contributed by atoms with van der Waals surface area (Å²) in [5, 5.41) is 3.65. The van der Waals surface area contributed by atoms with Crippen LogP contribution in [0.1, 0.15) is 5.56 Å². The van der Waals surface area contributed by atoms with E-state index in [1.54, 1.807) is 11.3 Å². The van der Waals surface area contributed by atoms with Crippen molar-refractivity contribution in [2.45, 2.75) is 6.54 Å². The van der Waals surface area contributed by atoms with Crippen LogP contribution in [0.3, 0.4) is 0 Å². The lowest BCUT2D eigenvalue weighted by atomic mass is 10.2. The Balaban J connectivity index is 1.96. The van der Waals surface area contributed by atoms with Gasteiger partial charge in [-0.2, -0.15) is 0 Å². The first-order chi connectivity index (χ1) is 7.25. The van der Waals surface area contributed by atoms with E-state index in [9.17, 15) is 0 Å². The summed E-state index contributed by atoms with van der Waals surface area (Å²) < 4.78 is 0. The molecular weight excluding hydrogens is 192 g/mol. The van der Waals surface area contributed by atoms with Crippen molar-refractivity contribution in [1.29, 1.82) is 0 Å². The molecule has 0 bridgehead atoms. The van der Waals surface area contributed by atoms with Crippen LogP contribution in [-0.2, 0) is 11.4 Å². The van der Waals surface area contributed by atoms with Gasteiger partial charge in [0.25, 0.3) is 0 Å². The van der Waals surface area contributed by atoms with Crippen molar-refractivity contribution in [2.75, 3.05) is 7.05 Å². The molecule has 1 aromatic rings. The van der Waals surface area contributed by atoms with Crippen LogP contribution in [0, 0.1) is 0 Å². The molecule has 0 saturated carbocycles. The molecule has 5 heteroatoms. The number of nitrogens with one attached hydrogen (secondary N) is 1. The molecular formula is C10H14N4O. The minimum absolute atomic E-state index is 0.356. The van der Waals surface area contributed by atoms with Crippen LogP contribution in [0.25, 0.3) is 0 Å². The SMILES string of the molecule is CN(Cc1ccccc1)N1C=C(N)ON1. The smallest absolute Gasteiger partial charge is 0.231 e. The first-order valence-electron chi connectivity index (χ1n) is 4.70. The molecule has 15 heavy (non-hydrogen) atoms. The summed E-state index contributed by atoms with van der Waals surface area (Å²) in [5.74, 6) is 0.356. The van der Waals surface area contributed by atoms with Gasteiger partial charge in [0.1, 0.15) is 0 Å². The molecule has 0 fully saturated rings. The van der Waals surface area contributed by atoms with E-state index in [2.05, 4.69) is 17.7 Å². The van der Waals surface area contributed by atoms with E-state index in [-0.39, 0.29) is 0 Å². The van der Waals surface area contributed by atoms with E-state index in [1.807, 2.05) is 30.3 Å². The van der Waals surface area contributed by atoms with Gasteiger partial charge >= 0.3 is 0 Å². The molecule has 0 spiro atoms. The van der Waals surface area contributed by atoms with E-state index in [0.717, 1.165) is 6.54 Å². The largest absolute Gasteiger partial charge is 0.368 e. The lowest BCUT2D eigenvalue weighted by Gasteiger charge is -2.25. The average Bonchev–Trinajstić information content (AvgIpc) is 2.66. The minimum Gasteiger partial charge on any atom is -0.368 e. The van der Waals surface area contributed by atoms with Crippen LogP contribution >= 0.6 is 0 Å². The van der Waals surface area contributed by atoms with E-state index in [0.29, 0.717) is 5.88 Å². The summed E-state index contributed by atoms with van der Waals surface area (Å²) in [6.07, 6.45) is 1.68. The van der Waals surface area contributed by atoms with Crippen molar-refractivity contribution >= 4 is 0 Å². The molecule has 1 aliphatic heterocycles. The van der Waals surface area contributed by atoms with Gasteiger partial charge < -0.3 is 10.6 Å². The highest BCUT2D eigenvalue weighted by Crippen LogP contribution is 2.08. The van der Waals surface area contributed by atoms with Gasteiger partial charge in [0.15, 0.2) is 0 Å². The van der Waals surface area contributed by atoms with Gasteiger partial charge in [0, 0.05) is 13.6 Å². The Kier molecular flexibility index (Phi) is 2.75. The number of nitrogens with two attached hydrogens (primary N) is 1. The fraction of sp³-hybridized carbons (Fsp3) is 0.200. The monoisotopic (exact) mass is 206 g/mol. The van der Waals surface area contributed by atoms with Gasteiger partial charge in [-0.3, -0.25) is 0 Å². The molecule has 0 unspecified atom stereocenters. The fourth-order valence-corrected chi connectivity index (χ4v) is 1.36. The van der Waals surface area contributed by atoms with Gasteiger partial charge in [0.2, 0.25) is 5.88 Å². The first-order valence-corrected chi connectivity index (χ1v) is 4.70. The maximum absolute atomic E-state index is 5.46. The molecule has 0 amide bonds. The summed E-state index contributed by atoms with van der Waals surface area (Å²) in [4.78, 5) is 4.90. The molecule has 0 aromatic heterocycles. The Morgan fingerprint density at radius 3 is 2.73 bits per heavy atom. The van der Waals surface area contributed by atoms with Crippen molar-refractivity contribution in [3.05, 3.63) is 48.0 Å². The highest BCUT2D eigenvalue weighted by Gasteiger charge is 2.14. The highest BCUT2D eigenvalue weighted by molar-refractivity contribution is 5.14. The van der Waals surface area contributed by atoms with Crippen LogP contribution in [0.4, 0.5) is 0 Å². The maximum atomic E-state index is 5.46. The predicted octanol–water partition coefficient (Wildman–Crippen LogP) is 0.543. The number of hydrogen-bond acceptors (Lipinski definition) is 5. The third-order valence-corrected chi connectivity index (χ3v) is 2.13. The molecule has 0 saturated heterocycles. The molecule has 1 heterocycles. The number of hydrazine groups is 2. The second-order valence-electron chi connectivity index (χ2n) is 3.37. The predicted molar refractivity (Wildman–Crippen MR) is 56.2 cm³/mol. The summed E-state index contributed by atoms with van der Waals surface area (Å²) in [6.45, 7) is 0.779. The molecule has 1 aliphatic rings. The molecule has 0 atom stereocenters. The normalized spacial score (nSPS) is 15.3. The lowest BCUT2D eigenvalue weighted by Crippen LogP contribution is -2.41. The molecule has 2 rings (SSSR count). The number of hydrogen-bond donors (Lipinski definition) is 2. The van der Waals surface area contributed by atoms with Crippen molar-refractivity contribution < 1.29 is 4.84 Å². The maximum Gasteiger partial charge on any atom is 0.231 e. The molecule has 1 aromatic carbocycles. The van der Waals surface area contributed by atoms with Crippen LogP contribution in [-0.4, -0.2) is 17.2 Å². The van der Waals surface area contributed by atoms with Gasteiger partial charge in [-0.25, -0.2) is 10.1 Å². The fourth-order valence-electron chi connectivity index (χ4n) is 1.36. The molecule has 3 N–H and O–H groups in total. The lowest BCUT2D eigenvalue weighted by molar-refractivity contribution is -0.0988. The zero-order chi connectivity index (χ0) is 10.7. The summed E-state index contributed by atoms with van der Waals surface area (Å²) >= 11 is 0. The minimum atomic E-state index is 0.356. The number of nitrogens with zero attached hydrogens (tertiary/aromatic N) is 2. The van der Waals surface area contributed by atoms with E-state index in [4.69, 9.17) is 10.6 Å².